The molecule has 2 rings (SSSR count). The first-order valence-corrected chi connectivity index (χ1v) is 6.22. The SMILES string of the molecule is CCOC(=O)c1ccc(NC(=O)c2cccc(C#N)c2)o1. The molecular formula is C15H12N2O4. The molecule has 21 heavy (non-hydrogen) atoms. The lowest BCUT2D eigenvalue weighted by Crippen LogP contribution is -2.11. The van der Waals surface area contributed by atoms with Gasteiger partial charge in [-0.25, -0.2) is 4.79 Å². The molecule has 1 heterocycles. The Morgan fingerprint density at radius 2 is 2.14 bits per heavy atom. The van der Waals surface area contributed by atoms with Crippen LogP contribution in [0.3, 0.4) is 0 Å². The van der Waals surface area contributed by atoms with Gasteiger partial charge in [0.05, 0.1) is 18.2 Å². The van der Waals surface area contributed by atoms with Crippen molar-refractivity contribution in [2.45, 2.75) is 6.92 Å². The average molecular weight is 284 g/mol. The molecular weight excluding hydrogens is 272 g/mol. The zero-order valence-corrected chi connectivity index (χ0v) is 11.3. The number of nitrogens with one attached hydrogen (secondary N) is 1. The van der Waals surface area contributed by atoms with Crippen molar-refractivity contribution in [1.29, 1.82) is 5.26 Å². The second-order valence-corrected chi connectivity index (χ2v) is 4.03. The van der Waals surface area contributed by atoms with Crippen LogP contribution >= 0.6 is 0 Å². The van der Waals surface area contributed by atoms with Gasteiger partial charge in [-0.05, 0) is 31.2 Å². The molecule has 1 aromatic carbocycles. The first-order chi connectivity index (χ1) is 10.1. The summed E-state index contributed by atoms with van der Waals surface area (Å²) in [5, 5.41) is 11.3. The van der Waals surface area contributed by atoms with Crippen molar-refractivity contribution in [3.63, 3.8) is 0 Å². The quantitative estimate of drug-likeness (QED) is 0.871. The minimum atomic E-state index is -0.593. The Balaban J connectivity index is 2.09. The fourth-order valence-corrected chi connectivity index (χ4v) is 1.63. The molecule has 0 aliphatic rings. The minimum absolute atomic E-state index is 0.0120. The Morgan fingerprint density at radius 3 is 2.86 bits per heavy atom. The van der Waals surface area contributed by atoms with Gasteiger partial charge in [-0.15, -0.1) is 0 Å². The van der Waals surface area contributed by atoms with Crippen molar-refractivity contribution in [2.75, 3.05) is 11.9 Å². The van der Waals surface area contributed by atoms with Crippen molar-refractivity contribution in [3.8, 4) is 6.07 Å². The van der Waals surface area contributed by atoms with E-state index >= 15 is 0 Å². The number of nitrogens with zero attached hydrogens (tertiary/aromatic N) is 1. The number of rotatable bonds is 4. The van der Waals surface area contributed by atoms with Gasteiger partial charge < -0.3 is 9.15 Å². The van der Waals surface area contributed by atoms with Crippen molar-refractivity contribution < 1.29 is 18.7 Å². The van der Waals surface area contributed by atoms with Crippen LogP contribution in [0.15, 0.2) is 40.8 Å². The molecule has 0 saturated heterocycles. The number of carbonyl (C=O) groups is 2. The molecule has 1 aromatic heterocycles. The van der Waals surface area contributed by atoms with Gasteiger partial charge in [0, 0.05) is 11.6 Å². The molecule has 2 aromatic rings. The third-order valence-electron chi connectivity index (χ3n) is 2.57. The largest absolute Gasteiger partial charge is 0.460 e. The second kappa shape index (κ2) is 6.39. The molecule has 0 saturated carbocycles. The lowest BCUT2D eigenvalue weighted by molar-refractivity contribution is 0.0490. The number of carbonyl (C=O) groups excluding carboxylic acids is 2. The van der Waals surface area contributed by atoms with E-state index in [4.69, 9.17) is 14.4 Å². The third kappa shape index (κ3) is 3.48. The summed E-state index contributed by atoms with van der Waals surface area (Å²) in [6, 6.07) is 11.1. The summed E-state index contributed by atoms with van der Waals surface area (Å²) < 4.78 is 9.95. The van der Waals surface area contributed by atoms with Gasteiger partial charge in [-0.2, -0.15) is 5.26 Å². The van der Waals surface area contributed by atoms with Gasteiger partial charge in [-0.3, -0.25) is 10.1 Å². The Bertz CT molecular complexity index is 712. The summed E-state index contributed by atoms with van der Waals surface area (Å²) in [6.07, 6.45) is 0. The Morgan fingerprint density at radius 1 is 1.33 bits per heavy atom. The molecule has 0 aliphatic carbocycles. The van der Waals surface area contributed by atoms with E-state index in [2.05, 4.69) is 5.32 Å². The van der Waals surface area contributed by atoms with Gasteiger partial charge in [0.15, 0.2) is 0 Å². The summed E-state index contributed by atoms with van der Waals surface area (Å²) in [6.45, 7) is 1.92. The van der Waals surface area contributed by atoms with E-state index in [0.29, 0.717) is 11.1 Å². The Labute approximate surface area is 120 Å². The van der Waals surface area contributed by atoms with E-state index in [1.807, 2.05) is 6.07 Å². The smallest absolute Gasteiger partial charge is 0.374 e. The van der Waals surface area contributed by atoms with Gasteiger partial charge >= 0.3 is 5.97 Å². The summed E-state index contributed by atoms with van der Waals surface area (Å²) in [5.74, 6) is -0.885. The summed E-state index contributed by atoms with van der Waals surface area (Å²) in [4.78, 5) is 23.4. The molecule has 0 atom stereocenters. The highest BCUT2D eigenvalue weighted by Crippen LogP contribution is 2.16. The van der Waals surface area contributed by atoms with Gasteiger partial charge in [0.1, 0.15) is 0 Å². The molecule has 106 valence electrons. The van der Waals surface area contributed by atoms with Crippen molar-refractivity contribution in [2.24, 2.45) is 0 Å². The fourth-order valence-electron chi connectivity index (χ4n) is 1.63. The van der Waals surface area contributed by atoms with E-state index in [1.165, 1.54) is 18.2 Å². The second-order valence-electron chi connectivity index (χ2n) is 4.03. The molecule has 0 aliphatic heterocycles. The molecule has 0 radical (unpaired) electrons. The van der Waals surface area contributed by atoms with Crippen molar-refractivity contribution in [1.82, 2.24) is 0 Å². The fraction of sp³-hybridized carbons (Fsp3) is 0.133. The number of hydrogen-bond donors (Lipinski definition) is 1. The lowest BCUT2D eigenvalue weighted by atomic mass is 10.1. The van der Waals surface area contributed by atoms with E-state index in [1.54, 1.807) is 25.1 Å². The predicted molar refractivity (Wildman–Crippen MR) is 73.8 cm³/mol. The first kappa shape index (κ1) is 14.3. The zero-order chi connectivity index (χ0) is 15.2. The molecule has 0 fully saturated rings. The highest BCUT2D eigenvalue weighted by Gasteiger charge is 2.14. The first-order valence-electron chi connectivity index (χ1n) is 6.22. The van der Waals surface area contributed by atoms with E-state index < -0.39 is 11.9 Å². The van der Waals surface area contributed by atoms with Crippen LogP contribution in [-0.2, 0) is 4.74 Å². The number of ether oxygens (including phenoxy) is 1. The molecule has 6 heteroatoms. The molecule has 0 bridgehead atoms. The monoisotopic (exact) mass is 284 g/mol. The van der Waals surface area contributed by atoms with Crippen molar-refractivity contribution in [3.05, 3.63) is 53.3 Å². The van der Waals surface area contributed by atoms with Crippen LogP contribution in [0.5, 0.6) is 0 Å². The maximum absolute atomic E-state index is 12.0. The number of esters is 1. The Hall–Kier alpha value is -3.07. The van der Waals surface area contributed by atoms with Crippen LogP contribution in [0.4, 0.5) is 5.88 Å². The maximum Gasteiger partial charge on any atom is 0.374 e. The standard InChI is InChI=1S/C15H12N2O4/c1-2-20-15(19)12-6-7-13(21-12)17-14(18)11-5-3-4-10(8-11)9-16/h3-8H,2H2,1H3,(H,17,18). The van der Waals surface area contributed by atoms with Crippen LogP contribution in [0, 0.1) is 11.3 Å². The Kier molecular flexibility index (Phi) is 4.36. The average Bonchev–Trinajstić information content (AvgIpc) is 2.96. The number of amides is 1. The van der Waals surface area contributed by atoms with Gasteiger partial charge in [0.2, 0.25) is 11.6 Å². The van der Waals surface area contributed by atoms with Crippen LogP contribution in [-0.4, -0.2) is 18.5 Å². The molecule has 1 amide bonds. The molecule has 0 spiro atoms. The lowest BCUT2D eigenvalue weighted by Gasteiger charge is -2.02. The van der Waals surface area contributed by atoms with Crippen LogP contribution in [0.1, 0.15) is 33.4 Å². The molecule has 6 nitrogen and oxygen atoms in total. The number of nitriles is 1. The van der Waals surface area contributed by atoms with Gasteiger partial charge in [0.25, 0.3) is 5.91 Å². The number of furan rings is 1. The van der Waals surface area contributed by atoms with Gasteiger partial charge in [-0.1, -0.05) is 6.07 Å². The molecule has 0 unspecified atom stereocenters. The predicted octanol–water partition coefficient (Wildman–Crippen LogP) is 2.58. The summed E-state index contributed by atoms with van der Waals surface area (Å²) in [5.41, 5.74) is 0.706. The summed E-state index contributed by atoms with van der Waals surface area (Å²) in [7, 11) is 0. The van der Waals surface area contributed by atoms with Crippen LogP contribution < -0.4 is 5.32 Å². The summed E-state index contributed by atoms with van der Waals surface area (Å²) >= 11 is 0. The number of benzene rings is 1. The highest BCUT2D eigenvalue weighted by atomic mass is 16.5. The maximum atomic E-state index is 12.0. The normalized spacial score (nSPS) is 9.71. The molecule has 1 N–H and O–H groups in total. The van der Waals surface area contributed by atoms with E-state index in [0.717, 1.165) is 0 Å². The van der Waals surface area contributed by atoms with Crippen LogP contribution in [0.2, 0.25) is 0 Å². The minimum Gasteiger partial charge on any atom is -0.460 e. The van der Waals surface area contributed by atoms with Crippen LogP contribution in [0.25, 0.3) is 0 Å². The number of hydrogen-bond acceptors (Lipinski definition) is 5. The number of anilines is 1. The topological polar surface area (TPSA) is 92.3 Å². The third-order valence-corrected chi connectivity index (χ3v) is 2.57. The van der Waals surface area contributed by atoms with E-state index in [-0.39, 0.29) is 18.3 Å². The highest BCUT2D eigenvalue weighted by molar-refractivity contribution is 6.04. The zero-order valence-electron chi connectivity index (χ0n) is 11.3. The van der Waals surface area contributed by atoms with Crippen molar-refractivity contribution >= 4 is 17.8 Å². The van der Waals surface area contributed by atoms with E-state index in [9.17, 15) is 9.59 Å².